The zero-order valence-electron chi connectivity index (χ0n) is 19.2. The molecule has 0 aliphatic carbocycles. The second-order valence-corrected chi connectivity index (χ2v) is 10.7. The van der Waals surface area contributed by atoms with Crippen molar-refractivity contribution >= 4 is 44.1 Å². The van der Waals surface area contributed by atoms with E-state index >= 15 is 0 Å². The summed E-state index contributed by atoms with van der Waals surface area (Å²) >= 11 is 0. The maximum atomic E-state index is 12.6. The van der Waals surface area contributed by atoms with Crippen molar-refractivity contribution in [1.29, 1.82) is 0 Å². The number of anilines is 3. The monoisotopic (exact) mass is 490 g/mol. The number of nitrogens with one attached hydrogen (secondary N) is 3. The molecule has 2 amide bonds. The van der Waals surface area contributed by atoms with E-state index in [1.165, 1.54) is 6.07 Å². The van der Waals surface area contributed by atoms with Crippen LogP contribution in [-0.4, -0.2) is 48.7 Å². The van der Waals surface area contributed by atoms with Crippen LogP contribution in [0.2, 0.25) is 0 Å². The standard InChI is InChI=1S/C25H26N6O3S/c1-35(33,34)22-10-3-2-9-21(22)30-25(32)29-19-8-4-6-17(14-19)18-7-5-13-31(15-18)24-20-11-12-26-23(20)27-16-28-24/h2-4,6,8-12,14,16,18H,5,7,13,15H2,1H3,(H,26,27,28)(H2,29,30,32). The third-order valence-electron chi connectivity index (χ3n) is 6.20. The molecule has 1 saturated heterocycles. The maximum Gasteiger partial charge on any atom is 0.323 e. The molecule has 4 aromatic rings. The van der Waals surface area contributed by atoms with E-state index in [4.69, 9.17) is 0 Å². The molecule has 1 unspecified atom stereocenters. The highest BCUT2D eigenvalue weighted by Crippen LogP contribution is 2.32. The number of rotatable bonds is 5. The Morgan fingerprint density at radius 1 is 1.09 bits per heavy atom. The number of para-hydroxylation sites is 1. The average molecular weight is 491 g/mol. The Hall–Kier alpha value is -3.92. The molecule has 0 bridgehead atoms. The van der Waals surface area contributed by atoms with E-state index in [-0.39, 0.29) is 16.5 Å². The Kier molecular flexibility index (Phi) is 6.12. The molecule has 1 fully saturated rings. The van der Waals surface area contributed by atoms with E-state index in [1.54, 1.807) is 24.5 Å². The number of H-pyrrole nitrogens is 1. The summed E-state index contributed by atoms with van der Waals surface area (Å²) < 4.78 is 24.0. The molecule has 10 heteroatoms. The van der Waals surface area contributed by atoms with E-state index in [0.29, 0.717) is 5.69 Å². The van der Waals surface area contributed by atoms with Gasteiger partial charge in [0.2, 0.25) is 0 Å². The van der Waals surface area contributed by atoms with Gasteiger partial charge in [-0.2, -0.15) is 0 Å². The molecule has 9 nitrogen and oxygen atoms in total. The number of aromatic nitrogens is 3. The lowest BCUT2D eigenvalue weighted by atomic mass is 9.90. The summed E-state index contributed by atoms with van der Waals surface area (Å²) in [7, 11) is -3.47. The highest BCUT2D eigenvalue weighted by Gasteiger charge is 2.24. The van der Waals surface area contributed by atoms with Crippen LogP contribution in [0.5, 0.6) is 0 Å². The highest BCUT2D eigenvalue weighted by atomic mass is 32.2. The Balaban J connectivity index is 1.30. The number of fused-ring (bicyclic) bond motifs is 1. The van der Waals surface area contributed by atoms with Crippen LogP contribution in [0.4, 0.5) is 22.0 Å². The van der Waals surface area contributed by atoms with E-state index in [2.05, 4.69) is 36.6 Å². The molecule has 2 aromatic carbocycles. The van der Waals surface area contributed by atoms with E-state index in [9.17, 15) is 13.2 Å². The van der Waals surface area contributed by atoms with Crippen LogP contribution in [0.3, 0.4) is 0 Å². The van der Waals surface area contributed by atoms with Crippen LogP contribution in [0.15, 0.2) is 72.0 Å². The van der Waals surface area contributed by atoms with Crippen molar-refractivity contribution in [3.63, 3.8) is 0 Å². The van der Waals surface area contributed by atoms with Gasteiger partial charge in [-0.25, -0.2) is 23.2 Å². The molecule has 0 radical (unpaired) electrons. The van der Waals surface area contributed by atoms with Gasteiger partial charge in [-0.05, 0) is 48.7 Å². The Morgan fingerprint density at radius 2 is 1.94 bits per heavy atom. The third kappa shape index (κ3) is 4.97. The fourth-order valence-corrected chi connectivity index (χ4v) is 5.44. The number of benzene rings is 2. The number of urea groups is 1. The molecule has 1 atom stereocenters. The number of carbonyl (C=O) groups is 1. The minimum absolute atomic E-state index is 0.0763. The summed E-state index contributed by atoms with van der Waals surface area (Å²) in [5.74, 6) is 1.21. The number of amides is 2. The average Bonchev–Trinajstić information content (AvgIpc) is 3.33. The minimum atomic E-state index is -3.47. The number of piperidine rings is 1. The molecule has 5 rings (SSSR count). The van der Waals surface area contributed by atoms with E-state index in [1.807, 2.05) is 30.5 Å². The highest BCUT2D eigenvalue weighted by molar-refractivity contribution is 7.90. The second-order valence-electron chi connectivity index (χ2n) is 8.70. The molecule has 3 N–H and O–H groups in total. The lowest BCUT2D eigenvalue weighted by Gasteiger charge is -2.34. The third-order valence-corrected chi connectivity index (χ3v) is 7.36. The maximum absolute atomic E-state index is 12.6. The predicted molar refractivity (Wildman–Crippen MR) is 137 cm³/mol. The zero-order chi connectivity index (χ0) is 24.4. The first-order valence-electron chi connectivity index (χ1n) is 11.4. The van der Waals surface area contributed by atoms with Crippen LogP contribution < -0.4 is 15.5 Å². The van der Waals surface area contributed by atoms with Gasteiger partial charge in [0.15, 0.2) is 9.84 Å². The van der Waals surface area contributed by atoms with Crippen molar-refractivity contribution in [3.05, 3.63) is 72.7 Å². The predicted octanol–water partition coefficient (Wildman–Crippen LogP) is 4.39. The quantitative estimate of drug-likeness (QED) is 0.382. The fraction of sp³-hybridized carbons (Fsp3) is 0.240. The summed E-state index contributed by atoms with van der Waals surface area (Å²) in [4.78, 5) is 27.0. The lowest BCUT2D eigenvalue weighted by Crippen LogP contribution is -2.35. The van der Waals surface area contributed by atoms with Gasteiger partial charge in [0.25, 0.3) is 0 Å². The summed E-state index contributed by atoms with van der Waals surface area (Å²) in [6, 6.07) is 15.6. The van der Waals surface area contributed by atoms with E-state index in [0.717, 1.165) is 54.6 Å². The molecule has 3 heterocycles. The summed E-state index contributed by atoms with van der Waals surface area (Å²) in [6.45, 7) is 1.74. The first-order chi connectivity index (χ1) is 16.9. The second kappa shape index (κ2) is 9.38. The van der Waals surface area contributed by atoms with Gasteiger partial charge in [0.05, 0.1) is 16.0 Å². The molecule has 1 aliphatic heterocycles. The molecule has 180 valence electrons. The lowest BCUT2D eigenvalue weighted by molar-refractivity contribution is 0.262. The largest absolute Gasteiger partial charge is 0.355 e. The summed E-state index contributed by atoms with van der Waals surface area (Å²) in [5.41, 5.74) is 2.84. The van der Waals surface area contributed by atoms with Gasteiger partial charge in [-0.1, -0.05) is 24.3 Å². The number of nitrogens with zero attached hydrogens (tertiary/aromatic N) is 3. The molecular weight excluding hydrogens is 464 g/mol. The molecule has 1 aliphatic rings. The molecular formula is C25H26N6O3S. The SMILES string of the molecule is CS(=O)(=O)c1ccccc1NC(=O)Nc1cccc(C2CCCN(c3ncnc4[nH]ccc34)C2)c1. The summed E-state index contributed by atoms with van der Waals surface area (Å²) in [6.07, 6.45) is 6.64. The van der Waals surface area contributed by atoms with Crippen molar-refractivity contribution in [1.82, 2.24) is 15.0 Å². The number of sulfone groups is 1. The van der Waals surface area contributed by atoms with Crippen molar-refractivity contribution < 1.29 is 13.2 Å². The van der Waals surface area contributed by atoms with Crippen molar-refractivity contribution in [3.8, 4) is 0 Å². The van der Waals surface area contributed by atoms with Crippen LogP contribution in [0, 0.1) is 0 Å². The first kappa shape index (κ1) is 22.9. The summed E-state index contributed by atoms with van der Waals surface area (Å²) in [5, 5.41) is 6.49. The Bertz CT molecular complexity index is 1480. The van der Waals surface area contributed by atoms with Crippen LogP contribution >= 0.6 is 0 Å². The van der Waals surface area contributed by atoms with Crippen LogP contribution in [-0.2, 0) is 9.84 Å². The molecule has 35 heavy (non-hydrogen) atoms. The van der Waals surface area contributed by atoms with Gasteiger partial charge in [-0.3, -0.25) is 0 Å². The van der Waals surface area contributed by atoms with Gasteiger partial charge in [0, 0.05) is 37.1 Å². The number of hydrogen-bond donors (Lipinski definition) is 3. The van der Waals surface area contributed by atoms with Crippen molar-refractivity contribution in [2.75, 3.05) is 34.9 Å². The Morgan fingerprint density at radius 3 is 2.80 bits per heavy atom. The van der Waals surface area contributed by atoms with Gasteiger partial charge < -0.3 is 20.5 Å². The zero-order valence-corrected chi connectivity index (χ0v) is 20.0. The van der Waals surface area contributed by atoms with Crippen LogP contribution in [0.1, 0.15) is 24.3 Å². The number of carbonyl (C=O) groups excluding carboxylic acids is 1. The van der Waals surface area contributed by atoms with Gasteiger partial charge >= 0.3 is 6.03 Å². The fourth-order valence-electron chi connectivity index (χ4n) is 4.60. The number of aromatic amines is 1. The molecule has 0 saturated carbocycles. The minimum Gasteiger partial charge on any atom is -0.355 e. The van der Waals surface area contributed by atoms with Gasteiger partial charge in [0.1, 0.15) is 17.8 Å². The van der Waals surface area contributed by atoms with Gasteiger partial charge in [-0.15, -0.1) is 0 Å². The van der Waals surface area contributed by atoms with Crippen LogP contribution in [0.25, 0.3) is 11.0 Å². The topological polar surface area (TPSA) is 120 Å². The Labute approximate surface area is 203 Å². The first-order valence-corrected chi connectivity index (χ1v) is 13.3. The van der Waals surface area contributed by atoms with Crippen molar-refractivity contribution in [2.24, 2.45) is 0 Å². The molecule has 0 spiro atoms. The normalized spacial score (nSPS) is 16.3. The number of hydrogen-bond acceptors (Lipinski definition) is 6. The van der Waals surface area contributed by atoms with E-state index < -0.39 is 15.9 Å². The smallest absolute Gasteiger partial charge is 0.323 e. The van der Waals surface area contributed by atoms with Crippen molar-refractivity contribution in [2.45, 2.75) is 23.7 Å². The molecule has 2 aromatic heterocycles.